The molecule has 0 aliphatic rings. The molecule has 0 radical (unpaired) electrons. The third-order valence-electron chi connectivity index (χ3n) is 3.74. The normalized spacial score (nSPS) is 11.1. The second-order valence-electron chi connectivity index (χ2n) is 5.53. The molecule has 0 aliphatic heterocycles. The van der Waals surface area contributed by atoms with Crippen molar-refractivity contribution in [2.45, 2.75) is 20.0 Å². The second kappa shape index (κ2) is 9.90. The van der Waals surface area contributed by atoms with Gasteiger partial charge in [0.25, 0.3) is 0 Å². The van der Waals surface area contributed by atoms with Crippen LogP contribution in [0, 0.1) is 0 Å². The molecule has 0 fully saturated rings. The number of nitrogens with zero attached hydrogens (tertiary/aromatic N) is 5. The summed E-state index contributed by atoms with van der Waals surface area (Å²) < 4.78 is 1.84. The maximum atomic E-state index is 4.65. The van der Waals surface area contributed by atoms with Crippen LogP contribution in [0.25, 0.3) is 11.4 Å². The lowest BCUT2D eigenvalue weighted by atomic mass is 10.1. The summed E-state index contributed by atoms with van der Waals surface area (Å²) in [6.45, 7) is 4.09. The molecule has 0 aliphatic carbocycles. The number of hydrogen-bond acceptors (Lipinski definition) is 4. The topological polar surface area (TPSA) is 95.8 Å². The first kappa shape index (κ1) is 19.9. The smallest absolute Gasteiger partial charge is 0.191 e. The Kier molecular flexibility index (Phi) is 7.57. The van der Waals surface area contributed by atoms with Crippen LogP contribution in [-0.2, 0) is 20.1 Å². The van der Waals surface area contributed by atoms with Gasteiger partial charge < -0.3 is 10.6 Å². The Morgan fingerprint density at radius 2 is 2.15 bits per heavy atom. The van der Waals surface area contributed by atoms with E-state index in [0.29, 0.717) is 13.1 Å². The highest BCUT2D eigenvalue weighted by Gasteiger charge is 2.04. The average Bonchev–Trinajstić information content (AvgIpc) is 3.29. The van der Waals surface area contributed by atoms with Crippen molar-refractivity contribution in [2.24, 2.45) is 12.0 Å². The lowest BCUT2D eigenvalue weighted by Crippen LogP contribution is -2.37. The molecule has 26 heavy (non-hydrogen) atoms. The second-order valence-corrected chi connectivity index (χ2v) is 5.53. The molecule has 0 unspecified atom stereocenters. The van der Waals surface area contributed by atoms with E-state index < -0.39 is 0 Å². The molecular formula is C17H23IN8. The molecule has 3 rings (SSSR count). The van der Waals surface area contributed by atoms with Gasteiger partial charge in [0, 0.05) is 25.4 Å². The minimum Gasteiger partial charge on any atom is -0.357 e. The summed E-state index contributed by atoms with van der Waals surface area (Å²) in [7, 11) is 1.93. The number of H-pyrrole nitrogens is 1. The summed E-state index contributed by atoms with van der Waals surface area (Å²) in [6.07, 6.45) is 3.29. The van der Waals surface area contributed by atoms with Crippen molar-refractivity contribution in [1.29, 1.82) is 0 Å². The van der Waals surface area contributed by atoms with Crippen LogP contribution in [0.1, 0.15) is 18.2 Å². The van der Waals surface area contributed by atoms with Crippen molar-refractivity contribution in [3.8, 4) is 11.4 Å². The molecule has 2 heterocycles. The van der Waals surface area contributed by atoms with E-state index in [1.807, 2.05) is 42.9 Å². The minimum absolute atomic E-state index is 0. The van der Waals surface area contributed by atoms with E-state index in [1.165, 1.54) is 6.33 Å². The van der Waals surface area contributed by atoms with E-state index in [1.54, 1.807) is 6.20 Å². The van der Waals surface area contributed by atoms with Gasteiger partial charge in [-0.3, -0.25) is 9.78 Å². The SMILES string of the molecule is CCNC(=NCc1cccc(-c2ncn[nH]2)c1)NCc1ccnn1C.I. The Balaban J connectivity index is 0.00000243. The van der Waals surface area contributed by atoms with Crippen LogP contribution in [0.3, 0.4) is 0 Å². The fourth-order valence-electron chi connectivity index (χ4n) is 2.42. The van der Waals surface area contributed by atoms with Crippen LogP contribution < -0.4 is 10.6 Å². The van der Waals surface area contributed by atoms with Crippen molar-refractivity contribution in [3.05, 3.63) is 54.1 Å². The number of rotatable bonds is 6. The quantitative estimate of drug-likeness (QED) is 0.294. The Hall–Kier alpha value is -2.43. The van der Waals surface area contributed by atoms with Crippen molar-refractivity contribution in [2.75, 3.05) is 6.54 Å². The van der Waals surface area contributed by atoms with Gasteiger partial charge in [0.2, 0.25) is 0 Å². The summed E-state index contributed by atoms with van der Waals surface area (Å²) in [5.41, 5.74) is 3.20. The molecule has 138 valence electrons. The Labute approximate surface area is 169 Å². The molecule has 0 saturated carbocycles. The third-order valence-corrected chi connectivity index (χ3v) is 3.74. The van der Waals surface area contributed by atoms with Crippen LogP contribution in [0.5, 0.6) is 0 Å². The Morgan fingerprint density at radius 1 is 1.27 bits per heavy atom. The van der Waals surface area contributed by atoms with Crippen LogP contribution in [0.2, 0.25) is 0 Å². The van der Waals surface area contributed by atoms with Gasteiger partial charge in [0.15, 0.2) is 11.8 Å². The zero-order valence-electron chi connectivity index (χ0n) is 14.8. The summed E-state index contributed by atoms with van der Waals surface area (Å²) >= 11 is 0. The molecule has 3 aromatic rings. The zero-order chi connectivity index (χ0) is 17.5. The highest BCUT2D eigenvalue weighted by Crippen LogP contribution is 2.15. The number of halogens is 1. The predicted octanol–water partition coefficient (Wildman–Crippen LogP) is 2.08. The fraction of sp³-hybridized carbons (Fsp3) is 0.294. The lowest BCUT2D eigenvalue weighted by Gasteiger charge is -2.11. The molecule has 8 nitrogen and oxygen atoms in total. The number of aliphatic imine (C=N–C) groups is 1. The van der Waals surface area contributed by atoms with Crippen LogP contribution in [-0.4, -0.2) is 37.5 Å². The van der Waals surface area contributed by atoms with Crippen molar-refractivity contribution in [1.82, 2.24) is 35.6 Å². The molecule has 1 aromatic carbocycles. The van der Waals surface area contributed by atoms with E-state index in [2.05, 4.69) is 42.0 Å². The number of guanidine groups is 1. The standard InChI is InChI=1S/C17H22N8.HI/c1-3-18-17(20-11-15-7-8-23-25(15)2)19-10-13-5-4-6-14(9-13)16-21-12-22-24-16;/h4-9,12H,3,10-11H2,1-2H3,(H2,18,19,20)(H,21,22,24);1H. The number of aromatic amines is 1. The number of hydrogen-bond donors (Lipinski definition) is 3. The van der Waals surface area contributed by atoms with Crippen molar-refractivity contribution in [3.63, 3.8) is 0 Å². The minimum atomic E-state index is 0. The average molecular weight is 466 g/mol. The van der Waals surface area contributed by atoms with Gasteiger partial charge in [0.05, 0.1) is 18.8 Å². The first-order valence-electron chi connectivity index (χ1n) is 8.20. The zero-order valence-corrected chi connectivity index (χ0v) is 17.1. The van der Waals surface area contributed by atoms with E-state index in [9.17, 15) is 0 Å². The van der Waals surface area contributed by atoms with E-state index in [4.69, 9.17) is 0 Å². The summed E-state index contributed by atoms with van der Waals surface area (Å²) in [4.78, 5) is 8.84. The summed E-state index contributed by atoms with van der Waals surface area (Å²) in [6, 6.07) is 10.1. The molecular weight excluding hydrogens is 443 g/mol. The molecule has 0 bridgehead atoms. The van der Waals surface area contributed by atoms with E-state index in [-0.39, 0.29) is 24.0 Å². The highest BCUT2D eigenvalue weighted by atomic mass is 127. The van der Waals surface area contributed by atoms with Crippen LogP contribution in [0.4, 0.5) is 0 Å². The highest BCUT2D eigenvalue weighted by molar-refractivity contribution is 14.0. The van der Waals surface area contributed by atoms with Gasteiger partial charge in [-0.25, -0.2) is 9.98 Å². The number of benzene rings is 1. The van der Waals surface area contributed by atoms with Crippen LogP contribution in [0.15, 0.2) is 47.8 Å². The lowest BCUT2D eigenvalue weighted by molar-refractivity contribution is 0.685. The number of nitrogens with one attached hydrogen (secondary N) is 3. The first-order valence-corrected chi connectivity index (χ1v) is 8.20. The third kappa shape index (κ3) is 5.28. The maximum absolute atomic E-state index is 4.65. The molecule has 2 aromatic heterocycles. The van der Waals surface area contributed by atoms with E-state index in [0.717, 1.165) is 35.1 Å². The largest absolute Gasteiger partial charge is 0.357 e. The van der Waals surface area contributed by atoms with Gasteiger partial charge in [-0.1, -0.05) is 18.2 Å². The first-order chi connectivity index (χ1) is 12.3. The van der Waals surface area contributed by atoms with Gasteiger partial charge in [-0.15, -0.1) is 24.0 Å². The maximum Gasteiger partial charge on any atom is 0.191 e. The van der Waals surface area contributed by atoms with Gasteiger partial charge in [-0.05, 0) is 24.6 Å². The number of aromatic nitrogens is 5. The van der Waals surface area contributed by atoms with Gasteiger partial charge in [0.1, 0.15) is 6.33 Å². The van der Waals surface area contributed by atoms with Crippen LogP contribution >= 0.6 is 24.0 Å². The molecule has 9 heteroatoms. The Bertz CT molecular complexity index is 825. The molecule has 3 N–H and O–H groups in total. The van der Waals surface area contributed by atoms with Gasteiger partial charge >= 0.3 is 0 Å². The van der Waals surface area contributed by atoms with Crippen molar-refractivity contribution < 1.29 is 0 Å². The Morgan fingerprint density at radius 3 is 2.85 bits per heavy atom. The van der Waals surface area contributed by atoms with Gasteiger partial charge in [-0.2, -0.15) is 10.2 Å². The van der Waals surface area contributed by atoms with Crippen molar-refractivity contribution >= 4 is 29.9 Å². The fourth-order valence-corrected chi connectivity index (χ4v) is 2.42. The molecule has 0 spiro atoms. The molecule has 0 saturated heterocycles. The van der Waals surface area contributed by atoms with E-state index >= 15 is 0 Å². The molecule has 0 atom stereocenters. The predicted molar refractivity (Wildman–Crippen MR) is 112 cm³/mol. The monoisotopic (exact) mass is 466 g/mol. The molecule has 0 amide bonds. The summed E-state index contributed by atoms with van der Waals surface area (Å²) in [5, 5.41) is 17.5. The number of aryl methyl sites for hydroxylation is 1. The summed E-state index contributed by atoms with van der Waals surface area (Å²) in [5.74, 6) is 1.53.